The van der Waals surface area contributed by atoms with Crippen LogP contribution < -0.4 is 5.32 Å². The van der Waals surface area contributed by atoms with Gasteiger partial charge in [0.2, 0.25) is 0 Å². The summed E-state index contributed by atoms with van der Waals surface area (Å²) in [7, 11) is 5.91. The summed E-state index contributed by atoms with van der Waals surface area (Å²) in [5.74, 6) is 1.96. The van der Waals surface area contributed by atoms with Crippen LogP contribution >= 0.6 is 24.0 Å². The normalized spacial score (nSPS) is 20.0. The third kappa shape index (κ3) is 3.75. The topological polar surface area (TPSA) is 45.5 Å². The number of nitrogens with one attached hydrogen (secondary N) is 1. The van der Waals surface area contributed by atoms with E-state index >= 15 is 0 Å². The molecule has 2 aliphatic carbocycles. The van der Waals surface area contributed by atoms with Gasteiger partial charge in [-0.2, -0.15) is 5.10 Å². The number of hydrogen-bond acceptors (Lipinski definition) is 2. The van der Waals surface area contributed by atoms with Gasteiger partial charge in [-0.1, -0.05) is 6.42 Å². The Hall–Kier alpha value is -0.790. The molecule has 0 aliphatic heterocycles. The first-order chi connectivity index (χ1) is 10.1. The first-order valence-electron chi connectivity index (χ1n) is 8.02. The molecule has 1 heterocycles. The number of aryl methyl sites for hydroxylation is 1. The number of halogens is 1. The van der Waals surface area contributed by atoms with E-state index in [-0.39, 0.29) is 24.0 Å². The first kappa shape index (κ1) is 17.6. The molecule has 2 fully saturated rings. The van der Waals surface area contributed by atoms with Gasteiger partial charge < -0.3 is 10.2 Å². The van der Waals surface area contributed by atoms with Gasteiger partial charge in [-0.05, 0) is 37.0 Å². The highest BCUT2D eigenvalue weighted by molar-refractivity contribution is 14.0. The lowest BCUT2D eigenvalue weighted by molar-refractivity contribution is 0.105. The molecule has 0 unspecified atom stereocenters. The molecule has 0 radical (unpaired) electrons. The van der Waals surface area contributed by atoms with Crippen molar-refractivity contribution in [1.82, 2.24) is 20.0 Å². The predicted octanol–water partition coefficient (Wildman–Crippen LogP) is 2.63. The summed E-state index contributed by atoms with van der Waals surface area (Å²) < 4.78 is 1.84. The maximum atomic E-state index is 4.44. The molecule has 1 aromatic heterocycles. The summed E-state index contributed by atoms with van der Waals surface area (Å²) in [4.78, 5) is 6.61. The van der Waals surface area contributed by atoms with Gasteiger partial charge in [-0.15, -0.1) is 24.0 Å². The number of hydrogen-bond donors (Lipinski definition) is 1. The third-order valence-corrected chi connectivity index (χ3v) is 5.14. The molecule has 2 saturated carbocycles. The van der Waals surface area contributed by atoms with Crippen LogP contribution in [-0.4, -0.2) is 41.3 Å². The summed E-state index contributed by atoms with van der Waals surface area (Å²) in [5, 5.41) is 7.83. The van der Waals surface area contributed by atoms with Crippen molar-refractivity contribution in [3.05, 3.63) is 18.0 Å². The molecule has 5 nitrogen and oxygen atoms in total. The second kappa shape index (κ2) is 7.19. The molecule has 22 heavy (non-hydrogen) atoms. The Kier molecular flexibility index (Phi) is 5.74. The Morgan fingerprint density at radius 1 is 1.50 bits per heavy atom. The van der Waals surface area contributed by atoms with Crippen LogP contribution in [0.5, 0.6) is 0 Å². The van der Waals surface area contributed by atoms with Gasteiger partial charge in [0.25, 0.3) is 0 Å². The highest BCUT2D eigenvalue weighted by Crippen LogP contribution is 2.56. The van der Waals surface area contributed by atoms with Crippen LogP contribution in [0.15, 0.2) is 17.4 Å². The van der Waals surface area contributed by atoms with E-state index in [9.17, 15) is 0 Å². The number of aliphatic imine (C=N–C) groups is 1. The standard InChI is InChI=1S/C16H27N5.HI/c1-17-15(20(2)10-13-9-19-21(3)11-13)18-12-16(7-4-8-16)14-5-6-14;/h9,11,14H,4-8,10,12H2,1-3H3,(H,17,18);1H. The lowest BCUT2D eigenvalue weighted by Gasteiger charge is -2.43. The Morgan fingerprint density at radius 2 is 2.23 bits per heavy atom. The van der Waals surface area contributed by atoms with Crippen LogP contribution in [0.25, 0.3) is 0 Å². The zero-order chi connectivity index (χ0) is 14.9. The van der Waals surface area contributed by atoms with Crippen molar-refractivity contribution in [2.24, 2.45) is 23.4 Å². The van der Waals surface area contributed by atoms with Crippen molar-refractivity contribution >= 4 is 29.9 Å². The molecular formula is C16H28IN5. The zero-order valence-corrected chi connectivity index (χ0v) is 16.2. The van der Waals surface area contributed by atoms with Crippen LogP contribution in [0.4, 0.5) is 0 Å². The van der Waals surface area contributed by atoms with Gasteiger partial charge in [0, 0.05) is 46.0 Å². The summed E-state index contributed by atoms with van der Waals surface area (Å²) in [6.07, 6.45) is 11.0. The van der Waals surface area contributed by atoms with Gasteiger partial charge in [0.15, 0.2) is 5.96 Å². The fourth-order valence-corrected chi connectivity index (χ4v) is 3.60. The van der Waals surface area contributed by atoms with Crippen LogP contribution in [0.2, 0.25) is 0 Å². The van der Waals surface area contributed by atoms with Crippen LogP contribution in [0.1, 0.15) is 37.7 Å². The molecule has 3 rings (SSSR count). The monoisotopic (exact) mass is 417 g/mol. The predicted molar refractivity (Wildman–Crippen MR) is 100 cm³/mol. The lowest BCUT2D eigenvalue weighted by atomic mass is 9.65. The van der Waals surface area contributed by atoms with Gasteiger partial charge in [0.05, 0.1) is 6.20 Å². The van der Waals surface area contributed by atoms with Crippen molar-refractivity contribution in [1.29, 1.82) is 0 Å². The Labute approximate surface area is 150 Å². The van der Waals surface area contributed by atoms with E-state index in [1.807, 2.05) is 25.0 Å². The average molecular weight is 417 g/mol. The highest BCUT2D eigenvalue weighted by atomic mass is 127. The second-order valence-electron chi connectivity index (χ2n) is 6.77. The highest BCUT2D eigenvalue weighted by Gasteiger charge is 2.48. The number of nitrogens with zero attached hydrogens (tertiary/aromatic N) is 4. The van der Waals surface area contributed by atoms with Gasteiger partial charge in [-0.3, -0.25) is 9.67 Å². The van der Waals surface area contributed by atoms with E-state index in [1.165, 1.54) is 37.7 Å². The van der Waals surface area contributed by atoms with Crippen LogP contribution in [-0.2, 0) is 13.6 Å². The van der Waals surface area contributed by atoms with Crippen molar-refractivity contribution in [2.45, 2.75) is 38.6 Å². The van der Waals surface area contributed by atoms with E-state index in [0.717, 1.165) is 25.0 Å². The van der Waals surface area contributed by atoms with E-state index in [2.05, 4.69) is 33.6 Å². The number of guanidine groups is 1. The molecular weight excluding hydrogens is 389 g/mol. The second-order valence-corrected chi connectivity index (χ2v) is 6.77. The van der Waals surface area contributed by atoms with E-state index in [0.29, 0.717) is 5.41 Å². The fraction of sp³-hybridized carbons (Fsp3) is 0.750. The third-order valence-electron chi connectivity index (χ3n) is 5.14. The summed E-state index contributed by atoms with van der Waals surface area (Å²) in [5.41, 5.74) is 1.79. The minimum absolute atomic E-state index is 0. The minimum Gasteiger partial charge on any atom is -0.356 e. The number of aromatic nitrogens is 2. The van der Waals surface area contributed by atoms with Crippen molar-refractivity contribution in [3.63, 3.8) is 0 Å². The van der Waals surface area contributed by atoms with E-state index in [1.54, 1.807) is 0 Å². The van der Waals surface area contributed by atoms with E-state index in [4.69, 9.17) is 0 Å². The minimum atomic E-state index is 0. The zero-order valence-electron chi connectivity index (χ0n) is 13.9. The molecule has 1 N–H and O–H groups in total. The molecule has 0 bridgehead atoms. The van der Waals surface area contributed by atoms with Gasteiger partial charge in [0.1, 0.15) is 0 Å². The Bertz CT molecular complexity index is 516. The Morgan fingerprint density at radius 3 is 2.68 bits per heavy atom. The molecule has 2 aliphatic rings. The summed E-state index contributed by atoms with van der Waals surface area (Å²) >= 11 is 0. The Balaban J connectivity index is 0.00000176. The lowest BCUT2D eigenvalue weighted by Crippen LogP contribution is -2.47. The average Bonchev–Trinajstić information content (AvgIpc) is 3.17. The van der Waals surface area contributed by atoms with Crippen LogP contribution in [0.3, 0.4) is 0 Å². The molecule has 0 aromatic carbocycles. The maximum Gasteiger partial charge on any atom is 0.193 e. The number of rotatable bonds is 5. The smallest absolute Gasteiger partial charge is 0.193 e. The summed E-state index contributed by atoms with van der Waals surface area (Å²) in [6.45, 7) is 1.92. The SMILES string of the molecule is CN=C(NCC1(C2CC2)CCC1)N(C)Cc1cnn(C)c1.I. The molecule has 0 spiro atoms. The van der Waals surface area contributed by atoms with Gasteiger partial charge in [-0.25, -0.2) is 0 Å². The molecule has 6 heteroatoms. The maximum absolute atomic E-state index is 4.44. The molecule has 0 saturated heterocycles. The molecule has 1 aromatic rings. The molecule has 0 amide bonds. The largest absolute Gasteiger partial charge is 0.356 e. The van der Waals surface area contributed by atoms with Gasteiger partial charge >= 0.3 is 0 Å². The van der Waals surface area contributed by atoms with E-state index < -0.39 is 0 Å². The van der Waals surface area contributed by atoms with Crippen molar-refractivity contribution in [3.8, 4) is 0 Å². The van der Waals surface area contributed by atoms with Crippen molar-refractivity contribution < 1.29 is 0 Å². The fourth-order valence-electron chi connectivity index (χ4n) is 3.60. The van der Waals surface area contributed by atoms with Crippen molar-refractivity contribution in [2.75, 3.05) is 20.6 Å². The van der Waals surface area contributed by atoms with Crippen LogP contribution in [0, 0.1) is 11.3 Å². The quantitative estimate of drug-likeness (QED) is 0.455. The first-order valence-corrected chi connectivity index (χ1v) is 8.02. The summed E-state index contributed by atoms with van der Waals surface area (Å²) in [6, 6.07) is 0. The molecule has 124 valence electrons. The molecule has 0 atom stereocenters.